The molecule has 9 heavy (non-hydrogen) atoms. The molecule has 0 N–H and O–H groups in total. The van der Waals surface area contributed by atoms with Crippen LogP contribution in [0, 0.1) is 11.3 Å². The maximum absolute atomic E-state index is 9.96. The highest BCUT2D eigenvalue weighted by molar-refractivity contribution is 5.62. The third kappa shape index (κ3) is 2.00. The molecule has 0 aliphatic rings. The van der Waals surface area contributed by atoms with Gasteiger partial charge >= 0.3 is 0 Å². The lowest BCUT2D eigenvalue weighted by molar-refractivity contribution is -0.265. The zero-order chi connectivity index (χ0) is 7.44. The predicted octanol–water partition coefficient (Wildman–Crippen LogP) is -0.826. The van der Waals surface area contributed by atoms with Crippen molar-refractivity contribution in [2.24, 2.45) is 0 Å². The maximum atomic E-state index is 9.96. The fourth-order valence-electron chi connectivity index (χ4n) is 0.245. The Bertz CT molecular complexity index is 150. The van der Waals surface area contributed by atoms with E-state index in [4.69, 9.17) is 5.26 Å². The van der Waals surface area contributed by atoms with Crippen molar-refractivity contribution in [3.05, 3.63) is 0 Å². The van der Waals surface area contributed by atoms with Gasteiger partial charge in [0, 0.05) is 7.05 Å². The fraction of sp³-hybridized carbons (Fsp3) is 0.600. The first-order valence-corrected chi connectivity index (χ1v) is 2.43. The zero-order valence-electron chi connectivity index (χ0n) is 5.29. The molecule has 0 heterocycles. The highest BCUT2D eigenvalue weighted by Gasteiger charge is 2.04. The highest BCUT2D eigenvalue weighted by Crippen LogP contribution is 1.89. The van der Waals surface area contributed by atoms with E-state index < -0.39 is 12.1 Å². The molecule has 50 valence electrons. The summed E-state index contributed by atoms with van der Waals surface area (Å²) in [5.74, 6) is 0. The maximum Gasteiger partial charge on any atom is 0.137 e. The van der Waals surface area contributed by atoms with Crippen LogP contribution in [0.2, 0.25) is 0 Å². The van der Waals surface area contributed by atoms with E-state index in [9.17, 15) is 9.90 Å². The van der Waals surface area contributed by atoms with Crippen LogP contribution >= 0.6 is 0 Å². The lowest BCUT2D eigenvalue weighted by Crippen LogP contribution is -2.42. The van der Waals surface area contributed by atoms with Gasteiger partial charge in [0.1, 0.15) is 12.1 Å². The molecule has 0 fully saturated rings. The summed E-state index contributed by atoms with van der Waals surface area (Å²) in [6.07, 6.45) is -1.33. The fourth-order valence-corrected chi connectivity index (χ4v) is 0.245. The van der Waals surface area contributed by atoms with E-state index in [1.54, 1.807) is 6.07 Å². The Kier molecular flexibility index (Phi) is 2.52. The molecule has 1 unspecified atom stereocenters. The molecule has 4 heteroatoms. The number of carbonyl (C=O) groups excluding carboxylic acids is 1. The summed E-state index contributed by atoms with van der Waals surface area (Å²) in [5.41, 5.74) is 0. The zero-order valence-corrected chi connectivity index (χ0v) is 5.29. The van der Waals surface area contributed by atoms with E-state index in [-0.39, 0.29) is 0 Å². The van der Waals surface area contributed by atoms with Crippen molar-refractivity contribution in [2.45, 2.75) is 13.0 Å². The average Bonchev–Trinajstić information content (AvgIpc) is 1.84. The van der Waals surface area contributed by atoms with E-state index in [0.717, 1.165) is 4.90 Å². The minimum Gasteiger partial charge on any atom is -0.530 e. The van der Waals surface area contributed by atoms with Crippen molar-refractivity contribution < 1.29 is 9.90 Å². The first-order valence-electron chi connectivity index (χ1n) is 2.43. The van der Waals surface area contributed by atoms with E-state index in [2.05, 4.69) is 0 Å². The predicted molar refractivity (Wildman–Crippen MR) is 28.2 cm³/mol. The minimum absolute atomic E-state index is 0.630. The molecule has 0 radical (unpaired) electrons. The second kappa shape index (κ2) is 2.92. The number of rotatable bonds is 1. The molecule has 0 rings (SSSR count). The normalized spacial score (nSPS) is 11.7. The van der Waals surface area contributed by atoms with Gasteiger partial charge in [0.05, 0.1) is 6.07 Å². The van der Waals surface area contributed by atoms with Gasteiger partial charge in [-0.1, -0.05) is 0 Å². The Labute approximate surface area is 53.3 Å². The number of nitrogens with zero attached hydrogens (tertiary/aromatic N) is 2. The van der Waals surface area contributed by atoms with E-state index in [0.29, 0.717) is 0 Å². The Balaban J connectivity index is 3.91. The van der Waals surface area contributed by atoms with Crippen LogP contribution in [0.5, 0.6) is 0 Å². The van der Waals surface area contributed by atoms with Crippen LogP contribution < -0.4 is 5.11 Å². The number of carbonyl (C=O) groups is 1. The molecule has 0 bridgehead atoms. The summed E-state index contributed by atoms with van der Waals surface area (Å²) in [4.78, 5) is 10.8. The van der Waals surface area contributed by atoms with Crippen LogP contribution in [0.25, 0.3) is 0 Å². The van der Waals surface area contributed by atoms with Gasteiger partial charge in [0.25, 0.3) is 0 Å². The van der Waals surface area contributed by atoms with Crippen LogP contribution in [0.4, 0.5) is 4.79 Å². The lowest BCUT2D eigenvalue weighted by atomic mass is 10.3. The van der Waals surface area contributed by atoms with Crippen LogP contribution in [0.3, 0.4) is 0 Å². The summed E-state index contributed by atoms with van der Waals surface area (Å²) in [6, 6.07) is 1.12. The van der Waals surface area contributed by atoms with Gasteiger partial charge in [-0.2, -0.15) is 5.26 Å². The number of amides is 1. The molecule has 1 atom stereocenters. The first kappa shape index (κ1) is 7.76. The molecule has 0 aromatic rings. The van der Waals surface area contributed by atoms with Gasteiger partial charge in [-0.05, 0) is 6.92 Å². The van der Waals surface area contributed by atoms with Gasteiger partial charge in [-0.25, -0.2) is 0 Å². The summed E-state index contributed by atoms with van der Waals surface area (Å²) < 4.78 is 0. The molecule has 0 aliphatic carbocycles. The lowest BCUT2D eigenvalue weighted by Gasteiger charge is -2.21. The molecule has 4 nitrogen and oxygen atoms in total. The second-order valence-corrected chi connectivity index (χ2v) is 1.68. The molecular formula is C5H7N2O2-. The van der Waals surface area contributed by atoms with Gasteiger partial charge in [-0.15, -0.1) is 0 Å². The molecular weight excluding hydrogens is 120 g/mol. The van der Waals surface area contributed by atoms with Crippen LogP contribution in [-0.4, -0.2) is 24.1 Å². The van der Waals surface area contributed by atoms with Crippen molar-refractivity contribution in [3.8, 4) is 6.07 Å². The Hall–Kier alpha value is -1.24. The largest absolute Gasteiger partial charge is 0.530 e. The monoisotopic (exact) mass is 127 g/mol. The van der Waals surface area contributed by atoms with Crippen molar-refractivity contribution in [3.63, 3.8) is 0 Å². The van der Waals surface area contributed by atoms with Crippen molar-refractivity contribution in [1.82, 2.24) is 4.90 Å². The van der Waals surface area contributed by atoms with Gasteiger partial charge in [0.15, 0.2) is 0 Å². The van der Waals surface area contributed by atoms with E-state index >= 15 is 0 Å². The second-order valence-electron chi connectivity index (χ2n) is 1.68. The van der Waals surface area contributed by atoms with E-state index in [1.165, 1.54) is 14.0 Å². The summed E-state index contributed by atoms with van der Waals surface area (Å²) in [7, 11) is 1.29. The summed E-state index contributed by atoms with van der Waals surface area (Å²) in [5, 5.41) is 18.1. The van der Waals surface area contributed by atoms with Crippen LogP contribution in [-0.2, 0) is 0 Å². The Morgan fingerprint density at radius 1 is 1.89 bits per heavy atom. The first-order chi connectivity index (χ1) is 4.09. The third-order valence-electron chi connectivity index (χ3n) is 1.06. The number of hydrogen-bond acceptors (Lipinski definition) is 3. The molecule has 0 aromatic heterocycles. The quantitative estimate of drug-likeness (QED) is 0.462. The van der Waals surface area contributed by atoms with Gasteiger partial charge in [-0.3, -0.25) is 0 Å². The van der Waals surface area contributed by atoms with Gasteiger partial charge < -0.3 is 14.8 Å². The van der Waals surface area contributed by atoms with Crippen LogP contribution in [0.1, 0.15) is 6.92 Å². The van der Waals surface area contributed by atoms with Crippen molar-refractivity contribution in [2.75, 3.05) is 7.05 Å². The Morgan fingerprint density at radius 2 is 2.33 bits per heavy atom. The molecule has 0 aliphatic heterocycles. The highest BCUT2D eigenvalue weighted by atomic mass is 16.4. The van der Waals surface area contributed by atoms with Crippen LogP contribution in [0.15, 0.2) is 0 Å². The molecule has 0 spiro atoms. The molecule has 0 aromatic carbocycles. The SMILES string of the molecule is CC(C#N)N(C)C(=O)[O-]. The molecule has 1 amide bonds. The van der Waals surface area contributed by atoms with Crippen molar-refractivity contribution in [1.29, 1.82) is 5.26 Å². The average molecular weight is 127 g/mol. The van der Waals surface area contributed by atoms with Crippen molar-refractivity contribution >= 4 is 6.09 Å². The molecule has 0 saturated heterocycles. The molecule has 0 saturated carbocycles. The number of hydrogen-bond donors (Lipinski definition) is 0. The number of carboxylic acid groups (broad SMARTS) is 1. The Morgan fingerprint density at radius 3 is 2.44 bits per heavy atom. The number of nitriles is 1. The summed E-state index contributed by atoms with van der Waals surface area (Å²) >= 11 is 0. The smallest absolute Gasteiger partial charge is 0.137 e. The minimum atomic E-state index is -1.33. The topological polar surface area (TPSA) is 67.2 Å². The third-order valence-corrected chi connectivity index (χ3v) is 1.06. The standard InChI is InChI=1S/C5H8N2O2/c1-4(3-6)7(2)5(8)9/h4H,1-2H3,(H,8,9)/p-1. The van der Waals surface area contributed by atoms with Gasteiger partial charge in [0.2, 0.25) is 0 Å². The van der Waals surface area contributed by atoms with E-state index in [1.807, 2.05) is 0 Å². The summed E-state index contributed by atoms with van der Waals surface area (Å²) in [6.45, 7) is 1.48.